The Balaban J connectivity index is 2.32. The van der Waals surface area contributed by atoms with Gasteiger partial charge in [0, 0.05) is 19.7 Å². The highest BCUT2D eigenvalue weighted by Crippen LogP contribution is 2.25. The van der Waals surface area contributed by atoms with Crippen molar-refractivity contribution in [1.29, 1.82) is 0 Å². The molecule has 0 spiro atoms. The second-order valence-electron chi connectivity index (χ2n) is 4.80. The number of hydrogen-bond acceptors (Lipinski definition) is 6. The van der Waals surface area contributed by atoms with Gasteiger partial charge in [0.05, 0.1) is 6.33 Å². The monoisotopic (exact) mass is 278 g/mol. The maximum absolute atomic E-state index is 11.6. The lowest BCUT2D eigenvalue weighted by molar-refractivity contribution is 0.0217. The molecule has 0 N–H and O–H groups in total. The van der Waals surface area contributed by atoms with Gasteiger partial charge in [-0.15, -0.1) is 0 Å². The summed E-state index contributed by atoms with van der Waals surface area (Å²) in [5, 5.41) is 3.92. The van der Waals surface area contributed by atoms with Crippen molar-refractivity contribution < 1.29 is 9.26 Å². The lowest BCUT2D eigenvalue weighted by atomic mass is 10.1. The summed E-state index contributed by atoms with van der Waals surface area (Å²) < 4.78 is 12.2. The van der Waals surface area contributed by atoms with Crippen molar-refractivity contribution in [1.82, 2.24) is 19.7 Å². The van der Waals surface area contributed by atoms with Gasteiger partial charge in [-0.25, -0.2) is 4.98 Å². The largest absolute Gasteiger partial charge is 0.370 e. The summed E-state index contributed by atoms with van der Waals surface area (Å²) in [6, 6.07) is 1.36. The smallest absolute Gasteiger partial charge is 0.276 e. The van der Waals surface area contributed by atoms with E-state index in [9.17, 15) is 4.79 Å². The molecule has 0 saturated carbocycles. The molecule has 0 amide bonds. The van der Waals surface area contributed by atoms with E-state index in [1.165, 1.54) is 17.0 Å². The van der Waals surface area contributed by atoms with Gasteiger partial charge in [0.15, 0.2) is 0 Å². The van der Waals surface area contributed by atoms with Gasteiger partial charge in [-0.3, -0.25) is 4.79 Å². The Morgan fingerprint density at radius 2 is 2.20 bits per heavy atom. The van der Waals surface area contributed by atoms with E-state index in [0.29, 0.717) is 18.1 Å². The fraction of sp³-hybridized carbons (Fsp3) is 0.538. The van der Waals surface area contributed by atoms with Crippen LogP contribution in [-0.4, -0.2) is 26.3 Å². The Morgan fingerprint density at radius 3 is 2.80 bits per heavy atom. The summed E-state index contributed by atoms with van der Waals surface area (Å²) in [4.78, 5) is 19.9. The molecule has 2 heterocycles. The molecule has 0 aliphatic heterocycles. The van der Waals surface area contributed by atoms with Crippen LogP contribution in [0, 0.1) is 5.92 Å². The zero-order valence-corrected chi connectivity index (χ0v) is 12.0. The van der Waals surface area contributed by atoms with Gasteiger partial charge in [-0.1, -0.05) is 19.0 Å². The first-order valence-corrected chi connectivity index (χ1v) is 6.51. The number of hydrogen-bond donors (Lipinski definition) is 0. The van der Waals surface area contributed by atoms with Crippen molar-refractivity contribution in [2.45, 2.75) is 26.9 Å². The van der Waals surface area contributed by atoms with Crippen LogP contribution in [0.5, 0.6) is 0 Å². The molecule has 1 unspecified atom stereocenters. The molecule has 0 saturated heterocycles. The molecule has 7 nitrogen and oxygen atoms in total. The predicted molar refractivity (Wildman–Crippen MR) is 72.0 cm³/mol. The van der Waals surface area contributed by atoms with Crippen LogP contribution in [0.2, 0.25) is 0 Å². The minimum absolute atomic E-state index is 0.181. The molecule has 2 aromatic rings. The Morgan fingerprint density at radius 1 is 1.45 bits per heavy atom. The fourth-order valence-corrected chi connectivity index (χ4v) is 1.78. The molecular formula is C13H18N4O3. The quantitative estimate of drug-likeness (QED) is 0.825. The fourth-order valence-electron chi connectivity index (χ4n) is 1.78. The minimum Gasteiger partial charge on any atom is -0.370 e. The predicted octanol–water partition coefficient (Wildman–Crippen LogP) is 1.56. The third-order valence-corrected chi connectivity index (χ3v) is 2.84. The Labute approximate surface area is 116 Å². The van der Waals surface area contributed by atoms with Crippen LogP contribution in [0.3, 0.4) is 0 Å². The third kappa shape index (κ3) is 2.93. The van der Waals surface area contributed by atoms with E-state index < -0.39 is 0 Å². The van der Waals surface area contributed by atoms with Gasteiger partial charge in [-0.2, -0.15) is 4.98 Å². The average Bonchev–Trinajstić information content (AvgIpc) is 2.88. The van der Waals surface area contributed by atoms with Crippen LogP contribution in [0.1, 0.15) is 32.7 Å². The van der Waals surface area contributed by atoms with Gasteiger partial charge < -0.3 is 13.8 Å². The number of nitrogens with zero attached hydrogens (tertiary/aromatic N) is 4. The lowest BCUT2D eigenvalue weighted by Crippen LogP contribution is -2.16. The van der Waals surface area contributed by atoms with E-state index in [1.807, 2.05) is 20.8 Å². The van der Waals surface area contributed by atoms with E-state index in [2.05, 4.69) is 15.1 Å². The first-order chi connectivity index (χ1) is 9.52. The Kier molecular flexibility index (Phi) is 4.29. The number of aromatic nitrogens is 4. The second-order valence-corrected chi connectivity index (χ2v) is 4.80. The van der Waals surface area contributed by atoms with Crippen molar-refractivity contribution >= 4 is 0 Å². The van der Waals surface area contributed by atoms with E-state index in [-0.39, 0.29) is 23.5 Å². The van der Waals surface area contributed by atoms with E-state index in [4.69, 9.17) is 9.26 Å². The molecule has 2 rings (SSSR count). The SMILES string of the molecule is CCOC(c1noc(-c2cc(=O)n(C)cn2)n1)C(C)C. The highest BCUT2D eigenvalue weighted by Gasteiger charge is 2.23. The summed E-state index contributed by atoms with van der Waals surface area (Å²) in [5.74, 6) is 0.916. The van der Waals surface area contributed by atoms with Crippen LogP contribution < -0.4 is 5.56 Å². The van der Waals surface area contributed by atoms with Crippen molar-refractivity contribution in [3.63, 3.8) is 0 Å². The Hall–Kier alpha value is -2.02. The van der Waals surface area contributed by atoms with Gasteiger partial charge >= 0.3 is 0 Å². The number of rotatable bonds is 5. The van der Waals surface area contributed by atoms with Crippen LogP contribution >= 0.6 is 0 Å². The zero-order valence-electron chi connectivity index (χ0n) is 12.0. The summed E-state index contributed by atoms with van der Waals surface area (Å²) in [6.07, 6.45) is 1.19. The highest BCUT2D eigenvalue weighted by molar-refractivity contribution is 5.44. The highest BCUT2D eigenvalue weighted by atomic mass is 16.5. The molecule has 2 aromatic heterocycles. The summed E-state index contributed by atoms with van der Waals surface area (Å²) in [6.45, 7) is 6.52. The molecule has 0 aliphatic rings. The van der Waals surface area contributed by atoms with E-state index >= 15 is 0 Å². The van der Waals surface area contributed by atoms with E-state index in [1.54, 1.807) is 7.05 Å². The molecule has 108 valence electrons. The summed E-state index contributed by atoms with van der Waals surface area (Å²) >= 11 is 0. The molecule has 0 bridgehead atoms. The van der Waals surface area contributed by atoms with Gasteiger partial charge in [-0.05, 0) is 12.8 Å². The third-order valence-electron chi connectivity index (χ3n) is 2.84. The Bertz CT molecular complexity index is 633. The molecule has 1 atom stereocenters. The van der Waals surface area contributed by atoms with Crippen molar-refractivity contribution in [3.8, 4) is 11.6 Å². The zero-order chi connectivity index (χ0) is 14.7. The van der Waals surface area contributed by atoms with Crippen LogP contribution in [0.25, 0.3) is 11.6 Å². The normalized spacial score (nSPS) is 12.8. The standard InChI is InChI=1S/C13H18N4O3/c1-5-19-11(8(2)3)12-15-13(20-16-12)9-6-10(18)17(4)7-14-9/h6-8,11H,5H2,1-4H3. The molecule has 0 radical (unpaired) electrons. The molecule has 0 fully saturated rings. The first kappa shape index (κ1) is 14.4. The maximum atomic E-state index is 11.6. The van der Waals surface area contributed by atoms with Crippen molar-refractivity contribution in [3.05, 3.63) is 28.6 Å². The molecule has 0 aliphatic carbocycles. The molecule has 0 aromatic carbocycles. The van der Waals surface area contributed by atoms with Crippen LogP contribution in [0.15, 0.2) is 21.7 Å². The minimum atomic E-state index is -0.232. The first-order valence-electron chi connectivity index (χ1n) is 6.51. The molecule has 20 heavy (non-hydrogen) atoms. The molecule has 7 heteroatoms. The number of ether oxygens (including phenoxy) is 1. The summed E-state index contributed by atoms with van der Waals surface area (Å²) in [5.41, 5.74) is 0.186. The van der Waals surface area contributed by atoms with Crippen LogP contribution in [-0.2, 0) is 11.8 Å². The molecular weight excluding hydrogens is 260 g/mol. The van der Waals surface area contributed by atoms with Gasteiger partial charge in [0.25, 0.3) is 11.4 Å². The van der Waals surface area contributed by atoms with E-state index in [0.717, 1.165) is 0 Å². The summed E-state index contributed by atoms with van der Waals surface area (Å²) in [7, 11) is 1.63. The van der Waals surface area contributed by atoms with Crippen molar-refractivity contribution in [2.75, 3.05) is 6.61 Å². The average molecular weight is 278 g/mol. The van der Waals surface area contributed by atoms with Gasteiger partial charge in [0.2, 0.25) is 5.82 Å². The number of aryl methyl sites for hydroxylation is 1. The van der Waals surface area contributed by atoms with Gasteiger partial charge in [0.1, 0.15) is 11.8 Å². The topological polar surface area (TPSA) is 83.0 Å². The maximum Gasteiger partial charge on any atom is 0.276 e. The van der Waals surface area contributed by atoms with Crippen molar-refractivity contribution in [2.24, 2.45) is 13.0 Å². The van der Waals surface area contributed by atoms with Crippen LogP contribution in [0.4, 0.5) is 0 Å². The second kappa shape index (κ2) is 5.96. The lowest BCUT2D eigenvalue weighted by Gasteiger charge is -2.16.